The van der Waals surface area contributed by atoms with Crippen LogP contribution in [0.4, 0.5) is 43.4 Å². The number of anilines is 3. The molecule has 0 bridgehead atoms. The third kappa shape index (κ3) is 6.76. The summed E-state index contributed by atoms with van der Waals surface area (Å²) in [5.74, 6) is -7.15. The summed E-state index contributed by atoms with van der Waals surface area (Å²) < 4.78 is 93.0. The molecule has 1 N–H and O–H groups in total. The molecule has 75 heavy (non-hydrogen) atoms. The number of carbonyl (C=O) groups is 8. The van der Waals surface area contributed by atoms with E-state index < -0.39 is 104 Å². The average molecular weight is 1020 g/mol. The minimum atomic E-state index is -5.09. The van der Waals surface area contributed by atoms with Crippen LogP contribution in [0.2, 0.25) is 0 Å². The first kappa shape index (κ1) is 50.0. The number of nitrogens with one attached hydrogen (secondary N) is 1. The second kappa shape index (κ2) is 16.2. The predicted molar refractivity (Wildman–Crippen MR) is 262 cm³/mol. The Hall–Kier alpha value is -8.54. The topological polar surface area (TPSA) is 158 Å². The second-order valence-electron chi connectivity index (χ2n) is 19.8. The number of aryl methyl sites for hydroxylation is 4. The molecule has 18 heteroatoms. The molecule has 0 saturated carbocycles. The van der Waals surface area contributed by atoms with Gasteiger partial charge in [-0.25, -0.2) is 14.7 Å². The lowest BCUT2D eigenvalue weighted by Crippen LogP contribution is -2.41. The molecule has 6 aromatic carbocycles. The Morgan fingerprint density at radius 1 is 0.333 bits per heavy atom. The number of fused-ring (bicyclic) bond motifs is 4. The van der Waals surface area contributed by atoms with E-state index in [0.29, 0.717) is 16.8 Å². The molecule has 380 valence electrons. The Balaban J connectivity index is 1.000. The van der Waals surface area contributed by atoms with Crippen LogP contribution in [-0.4, -0.2) is 59.6 Å². The quantitative estimate of drug-likeness (QED) is 0.122. The molecule has 0 aliphatic carbocycles. The van der Waals surface area contributed by atoms with E-state index in [2.05, 4.69) is 0 Å². The number of benzene rings is 6. The zero-order valence-electron chi connectivity index (χ0n) is 41.5. The van der Waals surface area contributed by atoms with Crippen molar-refractivity contribution in [3.63, 3.8) is 0 Å². The standard InChI is InChI=1S/C57H42F6N4O8/c1-24-18-25(2)43(29(6)28(24)5)65-48(70)36-15-12-33(22-40(36)51(65)73)55(9,57(61,62)63)34-13-17-38-42(23-34)53(75)67(50(38)72)45-27(4)19-26(3)44(30(45)7)66-49(71)37-16-11-32(21-41(37)52(66)74)54(8,56(58,59)60)31-10-14-35-39(20-31)47(69)64-46(35)68/h10-23H,1-9H3,(H,64,68,69)/t54-,55+/m0/s1. The lowest BCUT2D eigenvalue weighted by atomic mass is 9.74. The van der Waals surface area contributed by atoms with E-state index in [4.69, 9.17) is 0 Å². The molecule has 8 amide bonds. The van der Waals surface area contributed by atoms with Gasteiger partial charge in [0.1, 0.15) is 10.8 Å². The van der Waals surface area contributed by atoms with Crippen molar-refractivity contribution in [2.45, 2.75) is 85.5 Å². The van der Waals surface area contributed by atoms with Crippen LogP contribution in [0.15, 0.2) is 84.9 Å². The number of rotatable bonds is 7. The van der Waals surface area contributed by atoms with Crippen molar-refractivity contribution >= 4 is 64.3 Å². The Kier molecular flexibility index (Phi) is 10.8. The maximum Gasteiger partial charge on any atom is 0.402 e. The first-order chi connectivity index (χ1) is 35.0. The van der Waals surface area contributed by atoms with Crippen LogP contribution in [-0.2, 0) is 10.8 Å². The van der Waals surface area contributed by atoms with Gasteiger partial charge in [-0.15, -0.1) is 0 Å². The van der Waals surface area contributed by atoms with Crippen LogP contribution < -0.4 is 20.0 Å². The lowest BCUT2D eigenvalue weighted by molar-refractivity contribution is -0.173. The summed E-state index contributed by atoms with van der Waals surface area (Å²) in [5.41, 5.74) is -5.99. The van der Waals surface area contributed by atoms with Gasteiger partial charge in [0, 0.05) is 0 Å². The Labute approximate surface area is 423 Å². The largest absolute Gasteiger partial charge is 0.402 e. The van der Waals surface area contributed by atoms with Gasteiger partial charge >= 0.3 is 12.4 Å². The van der Waals surface area contributed by atoms with E-state index in [9.17, 15) is 38.4 Å². The van der Waals surface area contributed by atoms with Crippen molar-refractivity contribution in [3.05, 3.63) is 191 Å². The first-order valence-corrected chi connectivity index (χ1v) is 23.4. The van der Waals surface area contributed by atoms with Crippen LogP contribution in [0, 0.1) is 48.5 Å². The highest BCUT2D eigenvalue weighted by atomic mass is 19.4. The Bertz CT molecular complexity index is 3760. The molecule has 0 fully saturated rings. The number of halogens is 6. The smallest absolute Gasteiger partial charge is 0.288 e. The van der Waals surface area contributed by atoms with Crippen molar-refractivity contribution in [3.8, 4) is 0 Å². The minimum Gasteiger partial charge on any atom is -0.288 e. The molecule has 2 atom stereocenters. The summed E-state index contributed by atoms with van der Waals surface area (Å²) in [6.45, 7) is 13.4. The third-order valence-corrected chi connectivity index (χ3v) is 15.7. The molecule has 0 unspecified atom stereocenters. The van der Waals surface area contributed by atoms with Crippen molar-refractivity contribution in [2.75, 3.05) is 14.7 Å². The Morgan fingerprint density at radius 2 is 0.613 bits per heavy atom. The molecule has 4 aliphatic heterocycles. The lowest BCUT2D eigenvalue weighted by Gasteiger charge is -2.33. The molecule has 4 aliphatic rings. The molecular formula is C57H42F6N4O8. The zero-order valence-corrected chi connectivity index (χ0v) is 41.5. The van der Waals surface area contributed by atoms with Gasteiger partial charge in [0.15, 0.2) is 0 Å². The van der Waals surface area contributed by atoms with E-state index in [1.807, 2.05) is 25.2 Å². The first-order valence-electron chi connectivity index (χ1n) is 23.4. The maximum atomic E-state index is 15.7. The Morgan fingerprint density at radius 3 is 0.960 bits per heavy atom. The van der Waals surface area contributed by atoms with Crippen LogP contribution >= 0.6 is 0 Å². The van der Waals surface area contributed by atoms with Gasteiger partial charge in [0.2, 0.25) is 0 Å². The molecule has 4 heterocycles. The van der Waals surface area contributed by atoms with Crippen LogP contribution in [0.5, 0.6) is 0 Å². The maximum absolute atomic E-state index is 15.7. The number of imide groups is 4. The fourth-order valence-electron chi connectivity index (χ4n) is 11.2. The summed E-state index contributed by atoms with van der Waals surface area (Å²) >= 11 is 0. The van der Waals surface area contributed by atoms with E-state index >= 15 is 26.3 Å². The number of alkyl halides is 6. The van der Waals surface area contributed by atoms with Crippen molar-refractivity contribution in [2.24, 2.45) is 0 Å². The van der Waals surface area contributed by atoms with E-state index in [0.717, 1.165) is 106 Å². The number of carbonyl (C=O) groups excluding carboxylic acids is 8. The van der Waals surface area contributed by atoms with Crippen LogP contribution in [0.25, 0.3) is 0 Å². The molecule has 0 aromatic heterocycles. The summed E-state index contributed by atoms with van der Waals surface area (Å²) in [7, 11) is 0. The zero-order chi connectivity index (χ0) is 54.7. The monoisotopic (exact) mass is 1020 g/mol. The highest BCUT2D eigenvalue weighted by molar-refractivity contribution is 6.38. The summed E-state index contributed by atoms with van der Waals surface area (Å²) in [6.07, 6.45) is -10.1. The van der Waals surface area contributed by atoms with Crippen LogP contribution in [0.1, 0.15) is 158 Å². The van der Waals surface area contributed by atoms with Crippen molar-refractivity contribution < 1.29 is 64.7 Å². The van der Waals surface area contributed by atoms with Gasteiger partial charge < -0.3 is 0 Å². The highest BCUT2D eigenvalue weighted by Crippen LogP contribution is 2.51. The fraction of sp³-hybridized carbons (Fsp3) is 0.228. The number of hydrogen-bond acceptors (Lipinski definition) is 8. The molecule has 6 aromatic rings. The second-order valence-corrected chi connectivity index (χ2v) is 19.8. The summed E-state index contributed by atoms with van der Waals surface area (Å²) in [5, 5.41) is 2.04. The van der Waals surface area contributed by atoms with Crippen molar-refractivity contribution in [1.82, 2.24) is 5.32 Å². The molecule has 12 nitrogen and oxygen atoms in total. The predicted octanol–water partition coefficient (Wildman–Crippen LogP) is 10.9. The van der Waals surface area contributed by atoms with Crippen LogP contribution in [0.3, 0.4) is 0 Å². The highest BCUT2D eigenvalue weighted by Gasteiger charge is 2.57. The van der Waals surface area contributed by atoms with Gasteiger partial charge in [-0.2, -0.15) is 26.3 Å². The van der Waals surface area contributed by atoms with E-state index in [-0.39, 0.29) is 61.4 Å². The number of nitrogens with zero attached hydrogens (tertiary/aromatic N) is 3. The fourth-order valence-corrected chi connectivity index (χ4v) is 11.2. The van der Waals surface area contributed by atoms with Gasteiger partial charge in [0.05, 0.1) is 61.6 Å². The summed E-state index contributed by atoms with van der Waals surface area (Å²) in [6, 6.07) is 15.8. The molecular weight excluding hydrogens is 983 g/mol. The van der Waals surface area contributed by atoms with Gasteiger partial charge in [-0.1, -0.05) is 36.4 Å². The van der Waals surface area contributed by atoms with E-state index in [1.54, 1.807) is 13.8 Å². The number of amides is 8. The van der Waals surface area contributed by atoms with Gasteiger partial charge in [-0.3, -0.25) is 43.7 Å². The minimum absolute atomic E-state index is 0.0285. The van der Waals surface area contributed by atoms with Crippen molar-refractivity contribution in [1.29, 1.82) is 0 Å². The molecule has 10 rings (SSSR count). The SMILES string of the molecule is Cc1cc(C)c(N2C(=O)c3ccc([C@](C)(c4ccc5c(c4)C(=O)N(c4c(C)cc(C)c(N6C(=O)c7ccc([C@](C)(c8ccc9c(c8)C(=O)NC9=O)C(F)(F)F)cc7C6=O)c4C)C5=O)C(F)(F)F)cc3C2=O)c(C)c1C. The third-order valence-electron chi connectivity index (χ3n) is 15.7. The van der Waals surface area contributed by atoms with Gasteiger partial charge in [-0.05, 0) is 172 Å². The molecule has 0 radical (unpaired) electrons. The molecule has 0 saturated heterocycles. The normalized spacial score (nSPS) is 16.9. The summed E-state index contributed by atoms with van der Waals surface area (Å²) in [4.78, 5) is 113. The van der Waals surface area contributed by atoms with Gasteiger partial charge in [0.25, 0.3) is 47.3 Å². The number of hydrogen-bond donors (Lipinski definition) is 1. The average Bonchev–Trinajstić information content (AvgIpc) is 3.96. The van der Waals surface area contributed by atoms with E-state index in [1.165, 1.54) is 32.9 Å². The molecule has 0 spiro atoms.